The molecule has 27 heavy (non-hydrogen) atoms. The van der Waals surface area contributed by atoms with Crippen LogP contribution in [0.15, 0.2) is 65.5 Å². The van der Waals surface area contributed by atoms with Gasteiger partial charge in [0.1, 0.15) is 5.69 Å². The minimum Gasteiger partial charge on any atom is -0.283 e. The molecule has 1 aromatic heterocycles. The maximum absolute atomic E-state index is 13.2. The molecule has 3 rings (SSSR count). The van der Waals surface area contributed by atoms with Crippen LogP contribution in [-0.2, 0) is 23.6 Å². The Bertz CT molecular complexity index is 1080. The van der Waals surface area contributed by atoms with E-state index in [0.29, 0.717) is 11.4 Å². The van der Waals surface area contributed by atoms with Gasteiger partial charge in [-0.1, -0.05) is 48.5 Å². The summed E-state index contributed by atoms with van der Waals surface area (Å²) >= 11 is 0. The number of benzene rings is 2. The quantitative estimate of drug-likeness (QED) is 0.655. The van der Waals surface area contributed by atoms with Gasteiger partial charge in [-0.3, -0.25) is 13.8 Å². The van der Waals surface area contributed by atoms with Crippen LogP contribution < -0.4 is 9.86 Å². The van der Waals surface area contributed by atoms with Crippen LogP contribution in [0.4, 0.5) is 5.69 Å². The van der Waals surface area contributed by atoms with Crippen LogP contribution in [0.25, 0.3) is 5.69 Å². The van der Waals surface area contributed by atoms with Crippen molar-refractivity contribution in [3.63, 3.8) is 0 Å². The summed E-state index contributed by atoms with van der Waals surface area (Å²) in [6.07, 6.45) is 0. The van der Waals surface area contributed by atoms with E-state index in [0.717, 1.165) is 5.56 Å². The number of nitrogens with zero attached hydrogens (tertiary/aromatic N) is 3. The number of sulfonamides is 1. The van der Waals surface area contributed by atoms with Crippen molar-refractivity contribution in [1.29, 1.82) is 0 Å². The number of aromatic nitrogens is 2. The van der Waals surface area contributed by atoms with Crippen molar-refractivity contribution in [1.82, 2.24) is 9.36 Å². The molecule has 0 saturated heterocycles. The second-order valence-corrected chi connectivity index (χ2v) is 8.48. The largest absolute Gasteiger partial charge is 0.296 e. The lowest BCUT2D eigenvalue weighted by Crippen LogP contribution is -2.35. The lowest BCUT2D eigenvalue weighted by Gasteiger charge is -2.22. The van der Waals surface area contributed by atoms with Crippen LogP contribution >= 0.6 is 0 Å². The van der Waals surface area contributed by atoms with Gasteiger partial charge in [0.05, 0.1) is 23.7 Å². The Morgan fingerprint density at radius 1 is 0.963 bits per heavy atom. The lowest BCUT2D eigenvalue weighted by molar-refractivity contribution is 0.591. The third-order valence-electron chi connectivity index (χ3n) is 4.64. The van der Waals surface area contributed by atoms with E-state index >= 15 is 0 Å². The Morgan fingerprint density at radius 2 is 1.52 bits per heavy atom. The topological polar surface area (TPSA) is 64.3 Å². The van der Waals surface area contributed by atoms with Crippen molar-refractivity contribution < 1.29 is 8.42 Å². The Balaban J connectivity index is 2.20. The molecule has 0 N–H and O–H groups in total. The van der Waals surface area contributed by atoms with Crippen molar-refractivity contribution in [2.24, 2.45) is 7.05 Å². The first-order valence-electron chi connectivity index (χ1n) is 8.75. The molecule has 0 saturated carbocycles. The monoisotopic (exact) mass is 385 g/mol. The van der Waals surface area contributed by atoms with Gasteiger partial charge in [0.25, 0.3) is 5.56 Å². The van der Waals surface area contributed by atoms with E-state index in [1.54, 1.807) is 25.6 Å². The molecule has 0 amide bonds. The van der Waals surface area contributed by atoms with E-state index in [4.69, 9.17) is 0 Å². The molecular formula is C20H23N3O3S. The first-order valence-corrected chi connectivity index (χ1v) is 10.4. The first-order chi connectivity index (χ1) is 12.9. The standard InChI is InChI=1S/C20H23N3O3S/c1-4-27(25,26)22(15-17-11-7-5-8-12-17)19-16(2)21(3)23(20(19)24)18-13-9-6-10-14-18/h5-14H,4,15H2,1-3H3. The molecule has 0 aliphatic rings. The molecule has 1 heterocycles. The molecule has 7 heteroatoms. The fourth-order valence-corrected chi connectivity index (χ4v) is 4.21. The van der Waals surface area contributed by atoms with Gasteiger partial charge in [-0.15, -0.1) is 0 Å². The van der Waals surface area contributed by atoms with Crippen LogP contribution in [0.5, 0.6) is 0 Å². The number of hydrogen-bond donors (Lipinski definition) is 0. The second-order valence-electron chi connectivity index (χ2n) is 6.30. The molecule has 0 unspecified atom stereocenters. The van der Waals surface area contributed by atoms with E-state index < -0.39 is 10.0 Å². The average molecular weight is 385 g/mol. The van der Waals surface area contributed by atoms with E-state index in [-0.39, 0.29) is 23.5 Å². The third-order valence-corrected chi connectivity index (χ3v) is 6.36. The van der Waals surface area contributed by atoms with Crippen LogP contribution in [-0.4, -0.2) is 23.5 Å². The fraction of sp³-hybridized carbons (Fsp3) is 0.250. The molecule has 0 atom stereocenters. The number of hydrogen-bond acceptors (Lipinski definition) is 3. The molecule has 0 radical (unpaired) electrons. The zero-order valence-corrected chi connectivity index (χ0v) is 16.5. The number of anilines is 1. The van der Waals surface area contributed by atoms with Gasteiger partial charge in [-0.25, -0.2) is 13.1 Å². The SMILES string of the molecule is CCS(=O)(=O)N(Cc1ccccc1)c1c(C)n(C)n(-c2ccccc2)c1=O. The van der Waals surface area contributed by atoms with Gasteiger partial charge in [0.15, 0.2) is 0 Å². The highest BCUT2D eigenvalue weighted by Crippen LogP contribution is 2.23. The van der Waals surface area contributed by atoms with E-state index in [9.17, 15) is 13.2 Å². The second kappa shape index (κ2) is 7.44. The summed E-state index contributed by atoms with van der Waals surface area (Å²) < 4.78 is 30.1. The van der Waals surface area contributed by atoms with Crippen molar-refractivity contribution in [3.8, 4) is 5.69 Å². The summed E-state index contributed by atoms with van der Waals surface area (Å²) in [6, 6.07) is 18.5. The highest BCUT2D eigenvalue weighted by Gasteiger charge is 2.29. The summed E-state index contributed by atoms with van der Waals surface area (Å²) in [7, 11) is -1.88. The van der Waals surface area contributed by atoms with Gasteiger partial charge < -0.3 is 0 Å². The van der Waals surface area contributed by atoms with Gasteiger partial charge in [0.2, 0.25) is 10.0 Å². The Hall–Kier alpha value is -2.80. The zero-order chi connectivity index (χ0) is 19.6. The minimum absolute atomic E-state index is 0.0844. The first kappa shape index (κ1) is 19.0. The molecule has 0 aliphatic heterocycles. The molecule has 2 aromatic carbocycles. The fourth-order valence-electron chi connectivity index (χ4n) is 3.06. The number of rotatable bonds is 6. The van der Waals surface area contributed by atoms with Crippen LogP contribution in [0.2, 0.25) is 0 Å². The van der Waals surface area contributed by atoms with Crippen LogP contribution in [0.1, 0.15) is 18.2 Å². The maximum Gasteiger partial charge on any atom is 0.296 e. The predicted octanol–water partition coefficient (Wildman–Crippen LogP) is 2.84. The normalized spacial score (nSPS) is 11.5. The Morgan fingerprint density at radius 3 is 2.07 bits per heavy atom. The molecule has 0 spiro atoms. The molecule has 0 aliphatic carbocycles. The molecule has 0 bridgehead atoms. The van der Waals surface area contributed by atoms with E-state index in [1.165, 1.54) is 8.99 Å². The van der Waals surface area contributed by atoms with Gasteiger partial charge >= 0.3 is 0 Å². The summed E-state index contributed by atoms with van der Waals surface area (Å²) in [5, 5.41) is 0. The van der Waals surface area contributed by atoms with Crippen molar-refractivity contribution in [2.75, 3.05) is 10.1 Å². The van der Waals surface area contributed by atoms with E-state index in [2.05, 4.69) is 0 Å². The molecule has 142 valence electrons. The van der Waals surface area contributed by atoms with E-state index in [1.807, 2.05) is 60.7 Å². The zero-order valence-electron chi connectivity index (χ0n) is 15.7. The Kier molecular flexibility index (Phi) is 5.23. The lowest BCUT2D eigenvalue weighted by atomic mass is 10.2. The van der Waals surface area contributed by atoms with Crippen molar-refractivity contribution in [2.45, 2.75) is 20.4 Å². The molecular weight excluding hydrogens is 362 g/mol. The van der Waals surface area contributed by atoms with Crippen LogP contribution in [0.3, 0.4) is 0 Å². The van der Waals surface area contributed by atoms with Crippen molar-refractivity contribution >= 4 is 15.7 Å². The average Bonchev–Trinajstić information content (AvgIpc) is 2.90. The summed E-state index contributed by atoms with van der Waals surface area (Å²) in [6.45, 7) is 3.46. The minimum atomic E-state index is -3.64. The van der Waals surface area contributed by atoms with Gasteiger partial charge in [-0.2, -0.15) is 0 Å². The predicted molar refractivity (Wildman–Crippen MR) is 108 cm³/mol. The van der Waals surface area contributed by atoms with Gasteiger partial charge in [-0.05, 0) is 31.5 Å². The Labute approximate surface area is 159 Å². The highest BCUT2D eigenvalue weighted by molar-refractivity contribution is 7.92. The molecule has 3 aromatic rings. The molecule has 6 nitrogen and oxygen atoms in total. The highest BCUT2D eigenvalue weighted by atomic mass is 32.2. The van der Waals surface area contributed by atoms with Crippen LogP contribution in [0, 0.1) is 6.92 Å². The smallest absolute Gasteiger partial charge is 0.283 e. The number of para-hydroxylation sites is 1. The summed E-state index contributed by atoms with van der Waals surface area (Å²) in [4.78, 5) is 13.2. The van der Waals surface area contributed by atoms with Gasteiger partial charge in [0, 0.05) is 7.05 Å². The third kappa shape index (κ3) is 3.55. The summed E-state index contributed by atoms with van der Waals surface area (Å²) in [5.41, 5.74) is 1.94. The molecule has 0 fully saturated rings. The maximum atomic E-state index is 13.2. The van der Waals surface area contributed by atoms with Crippen molar-refractivity contribution in [3.05, 3.63) is 82.3 Å². The summed E-state index contributed by atoms with van der Waals surface area (Å²) in [5.74, 6) is -0.0844.